The van der Waals surface area contributed by atoms with E-state index in [4.69, 9.17) is 14.2 Å². The van der Waals surface area contributed by atoms with Crippen molar-refractivity contribution in [2.45, 2.75) is 12.7 Å². The second-order valence-corrected chi connectivity index (χ2v) is 7.11. The summed E-state index contributed by atoms with van der Waals surface area (Å²) in [5.74, 6) is -0.906. The first-order valence-electron chi connectivity index (χ1n) is 10.4. The van der Waals surface area contributed by atoms with E-state index in [-0.39, 0.29) is 24.7 Å². The van der Waals surface area contributed by atoms with Crippen LogP contribution in [0.15, 0.2) is 98.1 Å². The van der Waals surface area contributed by atoms with Gasteiger partial charge >= 0.3 is 18.0 Å². The van der Waals surface area contributed by atoms with Crippen molar-refractivity contribution in [1.82, 2.24) is 0 Å². The average Bonchev–Trinajstić information content (AvgIpc) is 2.88. The van der Waals surface area contributed by atoms with Gasteiger partial charge in [0.2, 0.25) is 6.79 Å². The molecule has 0 unspecified atom stereocenters. The molecule has 0 aliphatic heterocycles. The molecule has 0 saturated carbocycles. The molecule has 8 heteroatoms. The third-order valence-corrected chi connectivity index (χ3v) is 4.72. The number of carbonyl (C=O) groups is 2. The van der Waals surface area contributed by atoms with E-state index in [1.807, 2.05) is 12.1 Å². The highest BCUT2D eigenvalue weighted by Gasteiger charge is 2.34. The van der Waals surface area contributed by atoms with Gasteiger partial charge in [0.25, 0.3) is 0 Å². The van der Waals surface area contributed by atoms with Gasteiger partial charge in [-0.25, -0.2) is 9.59 Å². The van der Waals surface area contributed by atoms with Crippen LogP contribution < -0.4 is 9.47 Å². The van der Waals surface area contributed by atoms with Crippen molar-refractivity contribution in [2.24, 2.45) is 0 Å². The lowest BCUT2D eigenvalue weighted by Gasteiger charge is -2.19. The van der Waals surface area contributed by atoms with E-state index in [1.54, 1.807) is 24.3 Å². The SMILES string of the molecule is C=CC(=O)OCOc1ccc(OC(F)(F)c2ccc(-c3ccc(COC(=O)C=C)cc3)cc2)cc1. The molecule has 0 aromatic heterocycles. The molecular weight excluding hydrogens is 458 g/mol. The fourth-order valence-electron chi connectivity index (χ4n) is 2.89. The zero-order chi connectivity index (χ0) is 25.3. The number of hydrogen-bond donors (Lipinski definition) is 0. The Morgan fingerprint density at radius 2 is 1.26 bits per heavy atom. The molecule has 0 radical (unpaired) electrons. The number of carbonyl (C=O) groups excluding carboxylic acids is 2. The number of rotatable bonds is 11. The van der Waals surface area contributed by atoms with Crippen LogP contribution in [0.4, 0.5) is 8.78 Å². The number of halogens is 2. The van der Waals surface area contributed by atoms with E-state index in [1.165, 1.54) is 36.4 Å². The molecule has 0 spiro atoms. The van der Waals surface area contributed by atoms with Gasteiger partial charge in [-0.3, -0.25) is 0 Å². The van der Waals surface area contributed by atoms with Crippen molar-refractivity contribution in [3.05, 3.63) is 109 Å². The van der Waals surface area contributed by atoms with Crippen molar-refractivity contribution >= 4 is 11.9 Å². The molecule has 3 aromatic rings. The Balaban J connectivity index is 1.59. The highest BCUT2D eigenvalue weighted by molar-refractivity contribution is 5.81. The van der Waals surface area contributed by atoms with Gasteiger partial charge in [-0.2, -0.15) is 8.78 Å². The largest absolute Gasteiger partial charge is 0.458 e. The molecule has 6 nitrogen and oxygen atoms in total. The fourth-order valence-corrected chi connectivity index (χ4v) is 2.89. The lowest BCUT2D eigenvalue weighted by Crippen LogP contribution is -2.21. The first-order chi connectivity index (χ1) is 16.8. The van der Waals surface area contributed by atoms with E-state index >= 15 is 0 Å². The van der Waals surface area contributed by atoms with Crippen molar-refractivity contribution in [1.29, 1.82) is 0 Å². The van der Waals surface area contributed by atoms with Crippen LogP contribution in [0.25, 0.3) is 11.1 Å². The topological polar surface area (TPSA) is 71.1 Å². The molecule has 0 aliphatic rings. The van der Waals surface area contributed by atoms with Crippen molar-refractivity contribution < 1.29 is 37.3 Å². The van der Waals surface area contributed by atoms with Gasteiger partial charge in [0, 0.05) is 12.2 Å². The Bertz CT molecular complexity index is 1170. The van der Waals surface area contributed by atoms with Gasteiger partial charge in [-0.15, -0.1) is 0 Å². The van der Waals surface area contributed by atoms with E-state index in [2.05, 4.69) is 17.9 Å². The van der Waals surface area contributed by atoms with Gasteiger partial charge in [0.05, 0.1) is 5.56 Å². The smallest absolute Gasteiger partial charge is 0.426 e. The molecule has 3 rings (SSSR count). The first-order valence-corrected chi connectivity index (χ1v) is 10.4. The summed E-state index contributed by atoms with van der Waals surface area (Å²) in [6.45, 7) is 6.38. The van der Waals surface area contributed by atoms with E-state index < -0.39 is 18.0 Å². The maximum absolute atomic E-state index is 14.7. The highest BCUT2D eigenvalue weighted by Crippen LogP contribution is 2.33. The molecule has 0 atom stereocenters. The molecule has 0 N–H and O–H groups in total. The average molecular weight is 480 g/mol. The summed E-state index contributed by atoms with van der Waals surface area (Å²) in [6, 6.07) is 18.4. The number of esters is 2. The molecule has 0 aliphatic carbocycles. The molecule has 35 heavy (non-hydrogen) atoms. The third-order valence-electron chi connectivity index (χ3n) is 4.72. The van der Waals surface area contributed by atoms with Gasteiger partial charge in [-0.05, 0) is 53.1 Å². The third kappa shape index (κ3) is 7.26. The van der Waals surface area contributed by atoms with Crippen LogP contribution in [0, 0.1) is 0 Å². The van der Waals surface area contributed by atoms with E-state index in [9.17, 15) is 18.4 Å². The van der Waals surface area contributed by atoms with Crippen LogP contribution in [-0.4, -0.2) is 18.7 Å². The summed E-state index contributed by atoms with van der Waals surface area (Å²) in [5, 5.41) is 0. The Morgan fingerprint density at radius 1 is 0.743 bits per heavy atom. The minimum absolute atomic E-state index is 0.0674. The van der Waals surface area contributed by atoms with Crippen LogP contribution >= 0.6 is 0 Å². The summed E-state index contributed by atoms with van der Waals surface area (Å²) in [4.78, 5) is 22.1. The Kier molecular flexibility index (Phi) is 8.34. The predicted molar refractivity (Wildman–Crippen MR) is 125 cm³/mol. The molecule has 0 saturated heterocycles. The quantitative estimate of drug-likeness (QED) is 0.197. The summed E-state index contributed by atoms with van der Waals surface area (Å²) in [7, 11) is 0. The highest BCUT2D eigenvalue weighted by atomic mass is 19.3. The van der Waals surface area contributed by atoms with Crippen molar-refractivity contribution in [2.75, 3.05) is 6.79 Å². The van der Waals surface area contributed by atoms with Gasteiger partial charge in [0.1, 0.15) is 18.1 Å². The molecular formula is C27H22F2O6. The molecule has 0 bridgehead atoms. The maximum Gasteiger partial charge on any atom is 0.426 e. The second-order valence-electron chi connectivity index (χ2n) is 7.11. The summed E-state index contributed by atoms with van der Waals surface area (Å²) in [5.41, 5.74) is 2.02. The van der Waals surface area contributed by atoms with Crippen LogP contribution in [0.5, 0.6) is 11.5 Å². The number of hydrogen-bond acceptors (Lipinski definition) is 6. The molecule has 180 valence electrons. The van der Waals surface area contributed by atoms with Crippen molar-refractivity contribution in [3.8, 4) is 22.6 Å². The fraction of sp³-hybridized carbons (Fsp3) is 0.111. The van der Waals surface area contributed by atoms with Gasteiger partial charge < -0.3 is 18.9 Å². The molecule has 0 heterocycles. The number of benzene rings is 3. The zero-order valence-corrected chi connectivity index (χ0v) is 18.6. The Labute approximate surface area is 201 Å². The zero-order valence-electron chi connectivity index (χ0n) is 18.6. The Morgan fingerprint density at radius 3 is 1.83 bits per heavy atom. The van der Waals surface area contributed by atoms with Gasteiger partial charge in [-0.1, -0.05) is 49.6 Å². The maximum atomic E-state index is 14.7. The van der Waals surface area contributed by atoms with Crippen LogP contribution in [0.1, 0.15) is 11.1 Å². The monoisotopic (exact) mass is 480 g/mol. The van der Waals surface area contributed by atoms with Crippen LogP contribution in [-0.2, 0) is 31.8 Å². The molecule has 0 fully saturated rings. The molecule has 3 aromatic carbocycles. The van der Waals surface area contributed by atoms with E-state index in [0.29, 0.717) is 5.75 Å². The van der Waals surface area contributed by atoms with Crippen molar-refractivity contribution in [3.63, 3.8) is 0 Å². The minimum atomic E-state index is -3.57. The second kappa shape index (κ2) is 11.6. The lowest BCUT2D eigenvalue weighted by atomic mass is 10.0. The predicted octanol–water partition coefficient (Wildman–Crippen LogP) is 5.78. The number of alkyl halides is 2. The van der Waals surface area contributed by atoms with Gasteiger partial charge in [0.15, 0.2) is 0 Å². The molecule has 0 amide bonds. The first kappa shape index (κ1) is 25.2. The van der Waals surface area contributed by atoms with Crippen LogP contribution in [0.2, 0.25) is 0 Å². The number of ether oxygens (including phenoxy) is 4. The lowest BCUT2D eigenvalue weighted by molar-refractivity contribution is -0.185. The standard InChI is InChI=1S/C27H22F2O6/c1-3-25(30)32-17-19-5-7-20(8-6-19)21-9-11-22(12-10-21)27(28,29)35-24-15-13-23(14-16-24)33-18-34-26(31)4-2/h3-16H,1-2,17-18H2. The summed E-state index contributed by atoms with van der Waals surface area (Å²) < 4.78 is 49.1. The minimum Gasteiger partial charge on any atom is -0.458 e. The Hall–Kier alpha value is -4.46. The summed E-state index contributed by atoms with van der Waals surface area (Å²) in [6.07, 6.45) is -1.48. The normalized spacial score (nSPS) is 10.7. The van der Waals surface area contributed by atoms with Crippen LogP contribution in [0.3, 0.4) is 0 Å². The summed E-state index contributed by atoms with van der Waals surface area (Å²) >= 11 is 0. The van der Waals surface area contributed by atoms with E-state index in [0.717, 1.165) is 28.8 Å².